The number of hydrogen-bond donors (Lipinski definition) is 1. The van der Waals surface area contributed by atoms with Gasteiger partial charge in [0, 0.05) is 18.9 Å². The first-order valence-electron chi connectivity index (χ1n) is 5.42. The van der Waals surface area contributed by atoms with Gasteiger partial charge in [-0.2, -0.15) is 5.26 Å². The summed E-state index contributed by atoms with van der Waals surface area (Å²) in [6.45, 7) is 0. The molecule has 6 nitrogen and oxygen atoms in total. The first-order valence-corrected chi connectivity index (χ1v) is 5.42. The maximum absolute atomic E-state index is 10.8. The van der Waals surface area contributed by atoms with Crippen LogP contribution in [0.5, 0.6) is 0 Å². The lowest BCUT2D eigenvalue weighted by Crippen LogP contribution is -2.13. The summed E-state index contributed by atoms with van der Waals surface area (Å²) in [6.07, 6.45) is 1.50. The SMILES string of the molecule is CN(c1ccc(C(=O)O)cc1)c1nccc(C#N)n1. The third kappa shape index (κ3) is 2.66. The molecule has 0 aliphatic carbocycles. The van der Waals surface area contributed by atoms with Gasteiger partial charge < -0.3 is 10.0 Å². The Balaban J connectivity index is 2.30. The summed E-state index contributed by atoms with van der Waals surface area (Å²) in [5, 5.41) is 17.6. The molecule has 6 heteroatoms. The summed E-state index contributed by atoms with van der Waals surface area (Å²) in [4.78, 5) is 20.6. The van der Waals surface area contributed by atoms with Crippen molar-refractivity contribution in [3.63, 3.8) is 0 Å². The minimum absolute atomic E-state index is 0.212. The highest BCUT2D eigenvalue weighted by atomic mass is 16.4. The van der Waals surface area contributed by atoms with Crippen molar-refractivity contribution in [1.29, 1.82) is 5.26 Å². The Labute approximate surface area is 109 Å². The molecule has 0 fully saturated rings. The van der Waals surface area contributed by atoms with Crippen LogP contribution in [0.15, 0.2) is 36.5 Å². The molecule has 0 unspecified atom stereocenters. The number of nitrogens with zero attached hydrogens (tertiary/aromatic N) is 4. The standard InChI is InChI=1S/C13H10N4O2/c1-17(13-15-7-6-10(8-14)16-13)11-4-2-9(3-5-11)12(18)19/h2-7H,1H3,(H,18,19). The number of carbonyl (C=O) groups is 1. The van der Waals surface area contributed by atoms with E-state index in [-0.39, 0.29) is 11.3 Å². The summed E-state index contributed by atoms with van der Waals surface area (Å²) in [6, 6.07) is 9.78. The van der Waals surface area contributed by atoms with Crippen LogP contribution < -0.4 is 4.90 Å². The largest absolute Gasteiger partial charge is 0.478 e. The molecule has 1 N–H and O–H groups in total. The van der Waals surface area contributed by atoms with Gasteiger partial charge in [0.2, 0.25) is 5.95 Å². The van der Waals surface area contributed by atoms with E-state index in [2.05, 4.69) is 9.97 Å². The second-order valence-electron chi connectivity index (χ2n) is 3.76. The van der Waals surface area contributed by atoms with Crippen molar-refractivity contribution >= 4 is 17.6 Å². The summed E-state index contributed by atoms with van der Waals surface area (Å²) >= 11 is 0. The minimum Gasteiger partial charge on any atom is -0.478 e. The van der Waals surface area contributed by atoms with E-state index in [0.717, 1.165) is 5.69 Å². The smallest absolute Gasteiger partial charge is 0.335 e. The molecule has 0 spiro atoms. The minimum atomic E-state index is -0.975. The summed E-state index contributed by atoms with van der Waals surface area (Å²) in [5.41, 5.74) is 1.22. The molecule has 0 saturated carbocycles. The number of rotatable bonds is 3. The van der Waals surface area contributed by atoms with E-state index in [0.29, 0.717) is 5.95 Å². The Kier molecular flexibility index (Phi) is 3.39. The van der Waals surface area contributed by atoms with Gasteiger partial charge in [-0.1, -0.05) is 0 Å². The van der Waals surface area contributed by atoms with Crippen LogP contribution in [-0.4, -0.2) is 28.1 Å². The van der Waals surface area contributed by atoms with Crippen molar-refractivity contribution in [1.82, 2.24) is 9.97 Å². The monoisotopic (exact) mass is 254 g/mol. The molecule has 2 rings (SSSR count). The van der Waals surface area contributed by atoms with Crippen molar-refractivity contribution < 1.29 is 9.90 Å². The van der Waals surface area contributed by atoms with Crippen molar-refractivity contribution in [2.45, 2.75) is 0 Å². The molecule has 0 bridgehead atoms. The lowest BCUT2D eigenvalue weighted by atomic mass is 10.2. The van der Waals surface area contributed by atoms with Crippen LogP contribution in [0, 0.1) is 11.3 Å². The van der Waals surface area contributed by atoms with Crippen LogP contribution in [0.2, 0.25) is 0 Å². The zero-order chi connectivity index (χ0) is 13.8. The molecule has 0 aliphatic heterocycles. The predicted octanol–water partition coefficient (Wildman–Crippen LogP) is 1.81. The highest BCUT2D eigenvalue weighted by Gasteiger charge is 2.09. The second kappa shape index (κ2) is 5.14. The molecule has 19 heavy (non-hydrogen) atoms. The Bertz CT molecular complexity index is 646. The second-order valence-corrected chi connectivity index (χ2v) is 3.76. The lowest BCUT2D eigenvalue weighted by molar-refractivity contribution is 0.0697. The van der Waals surface area contributed by atoms with Crippen molar-refractivity contribution in [3.05, 3.63) is 47.8 Å². The molecule has 1 aromatic heterocycles. The van der Waals surface area contributed by atoms with Gasteiger partial charge in [0.25, 0.3) is 0 Å². The first kappa shape index (κ1) is 12.5. The summed E-state index contributed by atoms with van der Waals surface area (Å²) < 4.78 is 0. The normalized spacial score (nSPS) is 9.68. The van der Waals surface area contributed by atoms with Crippen LogP contribution in [-0.2, 0) is 0 Å². The zero-order valence-corrected chi connectivity index (χ0v) is 10.1. The third-order valence-corrected chi connectivity index (χ3v) is 2.56. The van der Waals surface area contributed by atoms with E-state index in [1.807, 2.05) is 6.07 Å². The van der Waals surface area contributed by atoms with Gasteiger partial charge in [-0.05, 0) is 30.3 Å². The average Bonchev–Trinajstić information content (AvgIpc) is 2.46. The summed E-state index contributed by atoms with van der Waals surface area (Å²) in [7, 11) is 1.74. The highest BCUT2D eigenvalue weighted by molar-refractivity contribution is 5.88. The lowest BCUT2D eigenvalue weighted by Gasteiger charge is -2.16. The van der Waals surface area contributed by atoms with E-state index in [1.165, 1.54) is 24.4 Å². The van der Waals surface area contributed by atoms with Crippen molar-refractivity contribution in [2.75, 3.05) is 11.9 Å². The predicted molar refractivity (Wildman–Crippen MR) is 68.2 cm³/mol. The van der Waals surface area contributed by atoms with E-state index in [9.17, 15) is 4.79 Å². The van der Waals surface area contributed by atoms with E-state index < -0.39 is 5.97 Å². The van der Waals surface area contributed by atoms with Crippen LogP contribution >= 0.6 is 0 Å². The molecule has 0 radical (unpaired) electrons. The Morgan fingerprint density at radius 2 is 2.00 bits per heavy atom. The molecule has 0 atom stereocenters. The van der Waals surface area contributed by atoms with Gasteiger partial charge in [0.1, 0.15) is 11.8 Å². The maximum Gasteiger partial charge on any atom is 0.335 e. The van der Waals surface area contributed by atoms with Crippen LogP contribution in [0.4, 0.5) is 11.6 Å². The van der Waals surface area contributed by atoms with E-state index >= 15 is 0 Å². The Hall–Kier alpha value is -2.94. The van der Waals surface area contributed by atoms with E-state index in [1.54, 1.807) is 24.1 Å². The molecule has 0 saturated heterocycles. The van der Waals surface area contributed by atoms with Gasteiger partial charge in [0.05, 0.1) is 5.56 Å². The maximum atomic E-state index is 10.8. The van der Waals surface area contributed by atoms with Gasteiger partial charge in [-0.3, -0.25) is 0 Å². The number of aromatic carboxylic acids is 1. The number of nitriles is 1. The third-order valence-electron chi connectivity index (χ3n) is 2.56. The zero-order valence-electron chi connectivity index (χ0n) is 10.1. The van der Waals surface area contributed by atoms with Crippen LogP contribution in [0.25, 0.3) is 0 Å². The van der Waals surface area contributed by atoms with Crippen LogP contribution in [0.1, 0.15) is 16.1 Å². The summed E-state index contributed by atoms with van der Waals surface area (Å²) in [5.74, 6) is -0.598. The van der Waals surface area contributed by atoms with Gasteiger partial charge in [-0.15, -0.1) is 0 Å². The molecular formula is C13H10N4O2. The highest BCUT2D eigenvalue weighted by Crippen LogP contribution is 2.20. The van der Waals surface area contributed by atoms with Crippen molar-refractivity contribution in [3.8, 4) is 6.07 Å². The Morgan fingerprint density at radius 1 is 1.32 bits per heavy atom. The molecule has 0 aliphatic rings. The van der Waals surface area contributed by atoms with Gasteiger partial charge in [0.15, 0.2) is 0 Å². The molecule has 1 aromatic carbocycles. The fourth-order valence-corrected chi connectivity index (χ4v) is 1.52. The van der Waals surface area contributed by atoms with Gasteiger partial charge in [-0.25, -0.2) is 14.8 Å². The first-order chi connectivity index (χ1) is 9.11. The van der Waals surface area contributed by atoms with Crippen molar-refractivity contribution in [2.24, 2.45) is 0 Å². The van der Waals surface area contributed by atoms with Crippen LogP contribution in [0.3, 0.4) is 0 Å². The molecule has 0 amide bonds. The Morgan fingerprint density at radius 3 is 2.58 bits per heavy atom. The fourth-order valence-electron chi connectivity index (χ4n) is 1.52. The molecule has 94 valence electrons. The van der Waals surface area contributed by atoms with Gasteiger partial charge >= 0.3 is 5.97 Å². The molecule has 1 heterocycles. The number of hydrogen-bond acceptors (Lipinski definition) is 5. The molecular weight excluding hydrogens is 244 g/mol. The topological polar surface area (TPSA) is 90.1 Å². The number of carboxylic acid groups (broad SMARTS) is 1. The number of anilines is 2. The quantitative estimate of drug-likeness (QED) is 0.898. The fraction of sp³-hybridized carbons (Fsp3) is 0.0769. The number of benzene rings is 1. The van der Waals surface area contributed by atoms with E-state index in [4.69, 9.17) is 10.4 Å². The average molecular weight is 254 g/mol. The number of carboxylic acids is 1. The molecule has 2 aromatic rings. The number of aromatic nitrogens is 2.